The maximum atomic E-state index is 13.6. The van der Waals surface area contributed by atoms with Crippen molar-refractivity contribution in [2.24, 2.45) is 0 Å². The van der Waals surface area contributed by atoms with Gasteiger partial charge in [-0.15, -0.1) is 0 Å². The molecule has 2 aliphatic heterocycles. The number of rotatable bonds is 3. The SMILES string of the molecule is Cc1cc(C)c(S(=O)(=O)O)c(C)c1-c1ccc(C2(O)COc3c(ccc4c3CCC(C)(C)O4)C2=O)c(O)c1. The maximum absolute atomic E-state index is 13.6. The standard InChI is InChI=1S/C29H30O8S/c1-15-12-16(2)26(38(33,34)35)17(3)24(15)18-6-8-21(22(30)13-18)29(32)14-36-25-19-10-11-28(4,5)37-23(19)9-7-20(25)27(29)31/h6-9,12-13,30,32H,10-11,14H2,1-5H3,(H,33,34,35). The minimum Gasteiger partial charge on any atom is -0.508 e. The number of hydrogen-bond acceptors (Lipinski definition) is 7. The Morgan fingerprint density at radius 3 is 2.37 bits per heavy atom. The van der Waals surface area contributed by atoms with Crippen molar-refractivity contribution in [3.8, 4) is 28.4 Å². The van der Waals surface area contributed by atoms with E-state index in [0.29, 0.717) is 40.2 Å². The van der Waals surface area contributed by atoms with Crippen LogP contribution < -0.4 is 9.47 Å². The average Bonchev–Trinajstić information content (AvgIpc) is 2.79. The van der Waals surface area contributed by atoms with Gasteiger partial charge in [-0.2, -0.15) is 8.42 Å². The molecule has 0 saturated carbocycles. The molecule has 0 fully saturated rings. The van der Waals surface area contributed by atoms with Gasteiger partial charge in [0.1, 0.15) is 34.4 Å². The van der Waals surface area contributed by atoms with Crippen LogP contribution in [0.4, 0.5) is 0 Å². The molecular formula is C29H30O8S. The summed E-state index contributed by atoms with van der Waals surface area (Å²) in [7, 11) is -4.48. The van der Waals surface area contributed by atoms with Crippen LogP contribution in [0.3, 0.4) is 0 Å². The summed E-state index contributed by atoms with van der Waals surface area (Å²) in [5.74, 6) is 0.109. The molecule has 0 amide bonds. The second-order valence-corrected chi connectivity index (χ2v) is 12.2. The molecule has 1 atom stereocenters. The van der Waals surface area contributed by atoms with Crippen LogP contribution in [0, 0.1) is 20.8 Å². The van der Waals surface area contributed by atoms with Crippen LogP contribution in [0.25, 0.3) is 11.1 Å². The van der Waals surface area contributed by atoms with Gasteiger partial charge in [0.05, 0.1) is 5.56 Å². The predicted molar refractivity (Wildman–Crippen MR) is 141 cm³/mol. The van der Waals surface area contributed by atoms with Gasteiger partial charge >= 0.3 is 0 Å². The smallest absolute Gasteiger partial charge is 0.295 e. The molecule has 1 unspecified atom stereocenters. The highest BCUT2D eigenvalue weighted by atomic mass is 32.2. The number of aliphatic hydroxyl groups is 1. The van der Waals surface area contributed by atoms with Crippen LogP contribution in [-0.4, -0.2) is 41.2 Å². The summed E-state index contributed by atoms with van der Waals surface area (Å²) in [4.78, 5) is 13.4. The number of phenols is 1. The molecule has 0 spiro atoms. The van der Waals surface area contributed by atoms with Crippen molar-refractivity contribution < 1.29 is 37.5 Å². The Labute approximate surface area is 221 Å². The van der Waals surface area contributed by atoms with Gasteiger partial charge in [-0.3, -0.25) is 9.35 Å². The first-order valence-corrected chi connectivity index (χ1v) is 13.7. The largest absolute Gasteiger partial charge is 0.508 e. The highest BCUT2D eigenvalue weighted by Crippen LogP contribution is 2.46. The molecule has 0 aliphatic carbocycles. The predicted octanol–water partition coefficient (Wildman–Crippen LogP) is 4.80. The highest BCUT2D eigenvalue weighted by Gasteiger charge is 2.47. The van der Waals surface area contributed by atoms with E-state index in [1.54, 1.807) is 45.0 Å². The first kappa shape index (κ1) is 26.2. The van der Waals surface area contributed by atoms with Crippen molar-refractivity contribution in [3.63, 3.8) is 0 Å². The van der Waals surface area contributed by atoms with Gasteiger partial charge in [-0.05, 0) is 93.5 Å². The quantitative estimate of drug-likeness (QED) is 0.406. The fourth-order valence-electron chi connectivity index (χ4n) is 5.77. The lowest BCUT2D eigenvalue weighted by Crippen LogP contribution is -2.45. The van der Waals surface area contributed by atoms with E-state index >= 15 is 0 Å². The van der Waals surface area contributed by atoms with Gasteiger partial charge in [0.15, 0.2) is 5.60 Å². The van der Waals surface area contributed by atoms with E-state index in [1.165, 1.54) is 12.1 Å². The molecule has 2 heterocycles. The van der Waals surface area contributed by atoms with Gasteiger partial charge < -0.3 is 19.7 Å². The molecule has 8 nitrogen and oxygen atoms in total. The summed E-state index contributed by atoms with van der Waals surface area (Å²) in [6.07, 6.45) is 1.41. The zero-order valence-corrected chi connectivity index (χ0v) is 22.7. The van der Waals surface area contributed by atoms with E-state index in [9.17, 15) is 28.0 Å². The Bertz CT molecular complexity index is 1620. The second kappa shape index (κ2) is 8.56. The lowest BCUT2D eigenvalue weighted by Gasteiger charge is -2.37. The summed E-state index contributed by atoms with van der Waals surface area (Å²) in [6, 6.07) is 9.33. The van der Waals surface area contributed by atoms with E-state index in [4.69, 9.17) is 9.47 Å². The maximum Gasteiger partial charge on any atom is 0.295 e. The number of aromatic hydroxyl groups is 1. The summed E-state index contributed by atoms with van der Waals surface area (Å²) in [5.41, 5.74) is 0.975. The zero-order valence-electron chi connectivity index (χ0n) is 21.9. The summed E-state index contributed by atoms with van der Waals surface area (Å²) < 4.78 is 45.8. The topological polar surface area (TPSA) is 130 Å². The number of carbonyl (C=O) groups excluding carboxylic acids is 1. The van der Waals surface area contributed by atoms with Gasteiger partial charge in [-0.25, -0.2) is 0 Å². The Morgan fingerprint density at radius 1 is 1.00 bits per heavy atom. The van der Waals surface area contributed by atoms with Crippen molar-refractivity contribution in [1.82, 2.24) is 0 Å². The van der Waals surface area contributed by atoms with Gasteiger partial charge in [0.25, 0.3) is 10.1 Å². The number of hydrogen-bond donors (Lipinski definition) is 3. The Kier molecular flexibility index (Phi) is 5.90. The van der Waals surface area contributed by atoms with Crippen LogP contribution in [0.1, 0.15) is 58.4 Å². The highest BCUT2D eigenvalue weighted by molar-refractivity contribution is 7.86. The molecule has 3 N–H and O–H groups in total. The van der Waals surface area contributed by atoms with Gasteiger partial charge in [-0.1, -0.05) is 18.2 Å². The lowest BCUT2D eigenvalue weighted by molar-refractivity contribution is -0.00721. The lowest BCUT2D eigenvalue weighted by atomic mass is 9.81. The number of fused-ring (bicyclic) bond motifs is 3. The van der Waals surface area contributed by atoms with Crippen LogP contribution in [0.5, 0.6) is 17.2 Å². The van der Waals surface area contributed by atoms with Crippen LogP contribution in [0.15, 0.2) is 41.3 Å². The third-order valence-electron chi connectivity index (χ3n) is 7.52. The van der Waals surface area contributed by atoms with Crippen molar-refractivity contribution in [2.45, 2.75) is 63.6 Å². The molecule has 0 saturated heterocycles. The Morgan fingerprint density at radius 2 is 1.71 bits per heavy atom. The zero-order chi connectivity index (χ0) is 27.8. The Balaban J connectivity index is 1.56. The number of benzene rings is 3. The first-order chi connectivity index (χ1) is 17.6. The van der Waals surface area contributed by atoms with Crippen LogP contribution in [0.2, 0.25) is 0 Å². The van der Waals surface area contributed by atoms with Crippen LogP contribution in [-0.2, 0) is 22.1 Å². The Hall–Kier alpha value is -3.40. The third-order valence-corrected chi connectivity index (χ3v) is 8.66. The van der Waals surface area contributed by atoms with Crippen molar-refractivity contribution in [1.29, 1.82) is 0 Å². The molecule has 5 rings (SSSR count). The number of ketones is 1. The number of aryl methyl sites for hydroxylation is 2. The molecule has 9 heteroatoms. The van der Waals surface area contributed by atoms with Gasteiger partial charge in [0.2, 0.25) is 5.78 Å². The number of Topliss-reactive ketones (excluding diaryl/α,β-unsaturated/α-hetero) is 1. The van der Waals surface area contributed by atoms with Crippen molar-refractivity contribution >= 4 is 15.9 Å². The molecule has 0 aromatic heterocycles. The van der Waals surface area contributed by atoms with E-state index < -0.39 is 21.5 Å². The van der Waals surface area contributed by atoms with E-state index in [2.05, 4.69) is 0 Å². The van der Waals surface area contributed by atoms with E-state index in [1.807, 2.05) is 13.8 Å². The second-order valence-electron chi connectivity index (χ2n) is 10.8. The average molecular weight is 539 g/mol. The number of carbonyl (C=O) groups is 1. The van der Waals surface area contributed by atoms with E-state index in [0.717, 1.165) is 17.5 Å². The first-order valence-electron chi connectivity index (χ1n) is 12.3. The molecule has 3 aromatic rings. The summed E-state index contributed by atoms with van der Waals surface area (Å²) in [6.45, 7) is 8.58. The number of ether oxygens (including phenoxy) is 2. The van der Waals surface area contributed by atoms with Crippen molar-refractivity contribution in [2.75, 3.05) is 6.61 Å². The normalized spacial score (nSPS) is 20.2. The van der Waals surface area contributed by atoms with Crippen molar-refractivity contribution in [3.05, 3.63) is 69.8 Å². The van der Waals surface area contributed by atoms with Crippen LogP contribution >= 0.6 is 0 Å². The molecule has 0 bridgehead atoms. The fourth-order valence-corrected chi connectivity index (χ4v) is 6.73. The molecule has 2 aliphatic rings. The fraction of sp³-hybridized carbons (Fsp3) is 0.345. The molecular weight excluding hydrogens is 508 g/mol. The minimum absolute atomic E-state index is 0.0237. The summed E-state index contributed by atoms with van der Waals surface area (Å²) in [5, 5.41) is 22.5. The third kappa shape index (κ3) is 4.05. The summed E-state index contributed by atoms with van der Waals surface area (Å²) >= 11 is 0. The minimum atomic E-state index is -4.48. The molecule has 200 valence electrons. The monoisotopic (exact) mass is 538 g/mol. The van der Waals surface area contributed by atoms with E-state index in [-0.39, 0.29) is 34.0 Å². The number of phenolic OH excluding ortho intramolecular Hbond substituents is 1. The molecule has 0 radical (unpaired) electrons. The molecule has 3 aromatic carbocycles. The molecule has 38 heavy (non-hydrogen) atoms. The van der Waals surface area contributed by atoms with Gasteiger partial charge in [0, 0.05) is 11.1 Å².